The lowest BCUT2D eigenvalue weighted by atomic mass is 10.1. The molecule has 6 nitrogen and oxygen atoms in total. The van der Waals surface area contributed by atoms with E-state index in [-0.39, 0.29) is 11.9 Å². The van der Waals surface area contributed by atoms with Gasteiger partial charge in [0.05, 0.1) is 13.5 Å². The smallest absolute Gasteiger partial charge is 0.321 e. The molecule has 0 atom stereocenters. The summed E-state index contributed by atoms with van der Waals surface area (Å²) in [7, 11) is 1.61. The molecule has 0 aromatic heterocycles. The van der Waals surface area contributed by atoms with Crippen molar-refractivity contribution in [2.75, 3.05) is 38.6 Å². The number of hydrogen-bond acceptors (Lipinski definition) is 3. The number of ether oxygens (including phenoxy) is 1. The highest BCUT2D eigenvalue weighted by Crippen LogP contribution is 2.19. The van der Waals surface area contributed by atoms with Crippen LogP contribution in [-0.4, -0.2) is 55.0 Å². The minimum atomic E-state index is -0.125. The van der Waals surface area contributed by atoms with Crippen molar-refractivity contribution in [1.82, 2.24) is 9.80 Å². The molecule has 2 aromatic carbocycles. The Bertz CT molecular complexity index is 779. The van der Waals surface area contributed by atoms with Gasteiger partial charge in [0, 0.05) is 37.4 Å². The van der Waals surface area contributed by atoms with Gasteiger partial charge in [-0.15, -0.1) is 0 Å². The molecule has 0 aliphatic carbocycles. The van der Waals surface area contributed by atoms with Crippen molar-refractivity contribution < 1.29 is 14.3 Å². The Morgan fingerprint density at radius 1 is 0.926 bits per heavy atom. The summed E-state index contributed by atoms with van der Waals surface area (Å²) in [5, 5.41) is 2.91. The van der Waals surface area contributed by atoms with Crippen LogP contribution in [0.1, 0.15) is 12.0 Å². The molecule has 142 valence electrons. The van der Waals surface area contributed by atoms with E-state index < -0.39 is 0 Å². The molecular formula is C21H25N3O3. The third-order valence-electron chi connectivity index (χ3n) is 4.70. The number of carbonyl (C=O) groups excluding carboxylic acids is 2. The van der Waals surface area contributed by atoms with Crippen LogP contribution in [0, 0.1) is 0 Å². The maximum absolute atomic E-state index is 12.7. The van der Waals surface area contributed by atoms with Crippen LogP contribution in [-0.2, 0) is 11.2 Å². The van der Waals surface area contributed by atoms with Crippen molar-refractivity contribution in [2.24, 2.45) is 0 Å². The number of carbonyl (C=O) groups is 2. The number of nitrogens with zero attached hydrogens (tertiary/aromatic N) is 2. The van der Waals surface area contributed by atoms with Crippen molar-refractivity contribution in [3.8, 4) is 5.75 Å². The molecule has 1 heterocycles. The predicted octanol–water partition coefficient (Wildman–Crippen LogP) is 3.00. The lowest BCUT2D eigenvalue weighted by Crippen LogP contribution is -2.39. The summed E-state index contributed by atoms with van der Waals surface area (Å²) in [5.74, 6) is 0.786. The standard InChI is InChI=1S/C21H25N3O3/c1-27-19-11-6-5-8-17(19)16-20(25)23-12-7-13-24(15-14-23)21(26)22-18-9-3-2-4-10-18/h2-6,8-11H,7,12-16H2,1H3,(H,22,26). The zero-order chi connectivity index (χ0) is 19.1. The molecule has 1 saturated heterocycles. The molecule has 0 spiro atoms. The fourth-order valence-corrected chi connectivity index (χ4v) is 3.22. The van der Waals surface area contributed by atoms with Crippen LogP contribution in [0.3, 0.4) is 0 Å². The molecule has 0 bridgehead atoms. The van der Waals surface area contributed by atoms with Crippen LogP contribution in [0.4, 0.5) is 10.5 Å². The number of urea groups is 1. The Morgan fingerprint density at radius 3 is 2.37 bits per heavy atom. The predicted molar refractivity (Wildman–Crippen MR) is 105 cm³/mol. The lowest BCUT2D eigenvalue weighted by molar-refractivity contribution is -0.130. The first-order valence-electron chi connectivity index (χ1n) is 9.18. The number of anilines is 1. The molecule has 2 aromatic rings. The van der Waals surface area contributed by atoms with E-state index in [1.807, 2.05) is 59.5 Å². The van der Waals surface area contributed by atoms with Gasteiger partial charge in [-0.1, -0.05) is 36.4 Å². The van der Waals surface area contributed by atoms with Gasteiger partial charge in [-0.05, 0) is 24.6 Å². The number of rotatable bonds is 4. The van der Waals surface area contributed by atoms with Gasteiger partial charge in [-0.25, -0.2) is 4.79 Å². The van der Waals surface area contributed by atoms with Crippen LogP contribution in [0.15, 0.2) is 54.6 Å². The first-order chi connectivity index (χ1) is 13.2. The Labute approximate surface area is 159 Å². The highest BCUT2D eigenvalue weighted by molar-refractivity contribution is 5.89. The normalized spacial score (nSPS) is 14.4. The topological polar surface area (TPSA) is 61.9 Å². The highest BCUT2D eigenvalue weighted by atomic mass is 16.5. The monoisotopic (exact) mass is 367 g/mol. The number of methoxy groups -OCH3 is 1. The van der Waals surface area contributed by atoms with Gasteiger partial charge in [-0.3, -0.25) is 4.79 Å². The van der Waals surface area contributed by atoms with Gasteiger partial charge in [-0.2, -0.15) is 0 Å². The minimum Gasteiger partial charge on any atom is -0.496 e. The van der Waals surface area contributed by atoms with Gasteiger partial charge >= 0.3 is 6.03 Å². The molecule has 0 unspecified atom stereocenters. The van der Waals surface area contributed by atoms with Crippen LogP contribution in [0.5, 0.6) is 5.75 Å². The fourth-order valence-electron chi connectivity index (χ4n) is 3.22. The zero-order valence-electron chi connectivity index (χ0n) is 15.6. The van der Waals surface area contributed by atoms with Gasteiger partial charge in [0.1, 0.15) is 5.75 Å². The molecule has 1 fully saturated rings. The van der Waals surface area contributed by atoms with E-state index in [1.165, 1.54) is 0 Å². The number of hydrogen-bond donors (Lipinski definition) is 1. The molecule has 3 amide bonds. The number of para-hydroxylation sites is 2. The van der Waals surface area contributed by atoms with Gasteiger partial charge in [0.15, 0.2) is 0 Å². The summed E-state index contributed by atoms with van der Waals surface area (Å²) in [5.41, 5.74) is 1.66. The fraction of sp³-hybridized carbons (Fsp3) is 0.333. The number of benzene rings is 2. The minimum absolute atomic E-state index is 0.0600. The highest BCUT2D eigenvalue weighted by Gasteiger charge is 2.22. The summed E-state index contributed by atoms with van der Waals surface area (Å²) in [6, 6.07) is 16.8. The van der Waals surface area contributed by atoms with Gasteiger partial charge in [0.25, 0.3) is 0 Å². The first kappa shape index (κ1) is 18.8. The molecule has 6 heteroatoms. The first-order valence-corrected chi connectivity index (χ1v) is 9.18. The van der Waals surface area contributed by atoms with Crippen LogP contribution < -0.4 is 10.1 Å². The maximum atomic E-state index is 12.7. The van der Waals surface area contributed by atoms with Crippen molar-refractivity contribution in [2.45, 2.75) is 12.8 Å². The van der Waals surface area contributed by atoms with Crippen LogP contribution in [0.2, 0.25) is 0 Å². The number of amides is 3. The molecule has 27 heavy (non-hydrogen) atoms. The molecule has 1 N–H and O–H groups in total. The molecular weight excluding hydrogens is 342 g/mol. The Hall–Kier alpha value is -3.02. The lowest BCUT2D eigenvalue weighted by Gasteiger charge is -2.23. The number of nitrogens with one attached hydrogen (secondary N) is 1. The van der Waals surface area contributed by atoms with E-state index in [9.17, 15) is 9.59 Å². The van der Waals surface area contributed by atoms with Crippen molar-refractivity contribution >= 4 is 17.6 Å². The maximum Gasteiger partial charge on any atom is 0.321 e. The van der Waals surface area contributed by atoms with Crippen molar-refractivity contribution in [3.05, 3.63) is 60.2 Å². The summed E-state index contributed by atoms with van der Waals surface area (Å²) in [6.07, 6.45) is 1.07. The Kier molecular flexibility index (Phi) is 6.30. The average Bonchev–Trinajstić information content (AvgIpc) is 2.95. The Morgan fingerprint density at radius 2 is 1.59 bits per heavy atom. The van der Waals surface area contributed by atoms with E-state index in [2.05, 4.69) is 5.32 Å². The van der Waals surface area contributed by atoms with E-state index >= 15 is 0 Å². The molecule has 0 radical (unpaired) electrons. The Balaban J connectivity index is 1.56. The second-order valence-corrected chi connectivity index (χ2v) is 6.51. The SMILES string of the molecule is COc1ccccc1CC(=O)N1CCCN(C(=O)Nc2ccccc2)CC1. The van der Waals surface area contributed by atoms with E-state index in [4.69, 9.17) is 4.74 Å². The van der Waals surface area contributed by atoms with E-state index in [0.29, 0.717) is 32.6 Å². The summed E-state index contributed by atoms with van der Waals surface area (Å²) in [4.78, 5) is 28.8. The third-order valence-corrected chi connectivity index (χ3v) is 4.70. The van der Waals surface area contributed by atoms with E-state index in [1.54, 1.807) is 12.0 Å². The van der Waals surface area contributed by atoms with Crippen LogP contribution in [0.25, 0.3) is 0 Å². The zero-order valence-corrected chi connectivity index (χ0v) is 15.6. The second-order valence-electron chi connectivity index (χ2n) is 6.51. The van der Waals surface area contributed by atoms with Gasteiger partial charge < -0.3 is 19.9 Å². The third kappa shape index (κ3) is 5.00. The summed E-state index contributed by atoms with van der Waals surface area (Å²) < 4.78 is 5.33. The quantitative estimate of drug-likeness (QED) is 0.904. The second kappa shape index (κ2) is 9.07. The molecule has 1 aliphatic heterocycles. The van der Waals surface area contributed by atoms with E-state index in [0.717, 1.165) is 23.4 Å². The van der Waals surface area contributed by atoms with Crippen LogP contribution >= 0.6 is 0 Å². The van der Waals surface area contributed by atoms with Crippen molar-refractivity contribution in [1.29, 1.82) is 0 Å². The summed E-state index contributed by atoms with van der Waals surface area (Å²) >= 11 is 0. The molecule has 0 saturated carbocycles. The largest absolute Gasteiger partial charge is 0.496 e. The van der Waals surface area contributed by atoms with Crippen molar-refractivity contribution in [3.63, 3.8) is 0 Å². The molecule has 3 rings (SSSR count). The molecule has 1 aliphatic rings. The van der Waals surface area contributed by atoms with Gasteiger partial charge in [0.2, 0.25) is 5.91 Å². The summed E-state index contributed by atoms with van der Waals surface area (Å²) in [6.45, 7) is 2.35. The average molecular weight is 367 g/mol.